The molecule has 1 aliphatic heterocycles. The Kier molecular flexibility index (Phi) is 3.00. The SMILES string of the molecule is O=C1CC(CBr)CN1c1ccncc1F. The van der Waals surface area contributed by atoms with Crippen LogP contribution >= 0.6 is 15.9 Å². The van der Waals surface area contributed by atoms with Gasteiger partial charge >= 0.3 is 0 Å². The number of pyridine rings is 1. The van der Waals surface area contributed by atoms with Crippen molar-refractivity contribution >= 4 is 27.5 Å². The first kappa shape index (κ1) is 10.5. The van der Waals surface area contributed by atoms with E-state index in [4.69, 9.17) is 0 Å². The van der Waals surface area contributed by atoms with Crippen molar-refractivity contribution in [3.05, 3.63) is 24.3 Å². The molecule has 0 aliphatic carbocycles. The normalized spacial score (nSPS) is 21.1. The number of halogens is 2. The van der Waals surface area contributed by atoms with Crippen molar-refractivity contribution < 1.29 is 9.18 Å². The molecule has 1 atom stereocenters. The largest absolute Gasteiger partial charge is 0.309 e. The Morgan fingerprint density at radius 3 is 3.07 bits per heavy atom. The first-order valence-electron chi connectivity index (χ1n) is 4.68. The second-order valence-corrected chi connectivity index (χ2v) is 4.20. The summed E-state index contributed by atoms with van der Waals surface area (Å²) in [5.41, 5.74) is 0.332. The van der Waals surface area contributed by atoms with Crippen LogP contribution in [0.2, 0.25) is 0 Å². The van der Waals surface area contributed by atoms with Crippen molar-refractivity contribution in [3.63, 3.8) is 0 Å². The lowest BCUT2D eigenvalue weighted by atomic mass is 10.2. The standard InChI is InChI=1S/C10H10BrFN2O/c11-4-7-3-10(15)14(6-7)9-1-2-13-5-8(9)12/h1-2,5,7H,3-4,6H2. The predicted octanol–water partition coefficient (Wildman–Crippen LogP) is 1.97. The summed E-state index contributed by atoms with van der Waals surface area (Å²) in [5, 5.41) is 0.766. The number of anilines is 1. The van der Waals surface area contributed by atoms with E-state index in [2.05, 4.69) is 20.9 Å². The first-order chi connectivity index (χ1) is 7.22. The third-order valence-corrected chi connectivity index (χ3v) is 3.38. The van der Waals surface area contributed by atoms with Crippen LogP contribution in [0.3, 0.4) is 0 Å². The highest BCUT2D eigenvalue weighted by Gasteiger charge is 2.31. The zero-order chi connectivity index (χ0) is 10.8. The van der Waals surface area contributed by atoms with Crippen LogP contribution < -0.4 is 4.90 Å². The lowest BCUT2D eigenvalue weighted by molar-refractivity contribution is -0.117. The smallest absolute Gasteiger partial charge is 0.227 e. The molecule has 3 nitrogen and oxygen atoms in total. The summed E-state index contributed by atoms with van der Waals surface area (Å²) in [6.45, 7) is 0.574. The zero-order valence-electron chi connectivity index (χ0n) is 7.99. The second kappa shape index (κ2) is 4.26. The van der Waals surface area contributed by atoms with Crippen molar-refractivity contribution in [3.8, 4) is 0 Å². The van der Waals surface area contributed by atoms with Gasteiger partial charge in [0, 0.05) is 24.5 Å². The van der Waals surface area contributed by atoms with Crippen LogP contribution in [-0.4, -0.2) is 22.8 Å². The topological polar surface area (TPSA) is 33.2 Å². The fourth-order valence-corrected chi connectivity index (χ4v) is 2.14. The number of alkyl halides is 1. The van der Waals surface area contributed by atoms with Gasteiger partial charge in [0.25, 0.3) is 0 Å². The van der Waals surface area contributed by atoms with Gasteiger partial charge in [-0.25, -0.2) is 4.39 Å². The van der Waals surface area contributed by atoms with Crippen molar-refractivity contribution in [1.29, 1.82) is 0 Å². The molecule has 0 spiro atoms. The number of rotatable bonds is 2. The average Bonchev–Trinajstić information content (AvgIpc) is 2.60. The van der Waals surface area contributed by atoms with Gasteiger partial charge in [0.1, 0.15) is 0 Å². The molecule has 0 aromatic carbocycles. The molecule has 0 N–H and O–H groups in total. The molecule has 15 heavy (non-hydrogen) atoms. The van der Waals surface area contributed by atoms with E-state index in [0.717, 1.165) is 11.5 Å². The monoisotopic (exact) mass is 272 g/mol. The summed E-state index contributed by atoms with van der Waals surface area (Å²) in [7, 11) is 0. The van der Waals surface area contributed by atoms with E-state index in [1.165, 1.54) is 17.2 Å². The van der Waals surface area contributed by atoms with Crippen LogP contribution in [0.4, 0.5) is 10.1 Å². The quantitative estimate of drug-likeness (QED) is 0.772. The molecular weight excluding hydrogens is 263 g/mol. The van der Waals surface area contributed by atoms with E-state index < -0.39 is 5.82 Å². The highest BCUT2D eigenvalue weighted by atomic mass is 79.9. The molecule has 5 heteroatoms. The van der Waals surface area contributed by atoms with Crippen LogP contribution in [-0.2, 0) is 4.79 Å². The minimum Gasteiger partial charge on any atom is -0.309 e. The number of aromatic nitrogens is 1. The van der Waals surface area contributed by atoms with Gasteiger partial charge in [-0.2, -0.15) is 0 Å². The van der Waals surface area contributed by atoms with Gasteiger partial charge in [-0.1, -0.05) is 15.9 Å². The summed E-state index contributed by atoms with van der Waals surface area (Å²) in [5.74, 6) is -0.198. The Morgan fingerprint density at radius 1 is 1.67 bits per heavy atom. The van der Waals surface area contributed by atoms with Crippen molar-refractivity contribution in [2.24, 2.45) is 5.92 Å². The molecule has 2 heterocycles. The molecule has 0 saturated carbocycles. The minimum absolute atomic E-state index is 0.0236. The molecule has 1 amide bonds. The molecule has 0 bridgehead atoms. The van der Waals surface area contributed by atoms with E-state index >= 15 is 0 Å². The van der Waals surface area contributed by atoms with E-state index in [1.807, 2.05) is 0 Å². The molecule has 0 radical (unpaired) electrons. The fourth-order valence-electron chi connectivity index (χ4n) is 1.70. The molecule has 1 aromatic rings. The van der Waals surface area contributed by atoms with E-state index in [-0.39, 0.29) is 11.8 Å². The molecule has 1 aliphatic rings. The van der Waals surface area contributed by atoms with Gasteiger partial charge in [-0.15, -0.1) is 0 Å². The second-order valence-electron chi connectivity index (χ2n) is 3.56. The molecule has 1 fully saturated rings. The molecule has 1 aromatic heterocycles. The third-order valence-electron chi connectivity index (χ3n) is 2.47. The number of carbonyl (C=O) groups is 1. The maximum absolute atomic E-state index is 13.4. The van der Waals surface area contributed by atoms with Crippen molar-refractivity contribution in [2.75, 3.05) is 16.8 Å². The highest BCUT2D eigenvalue weighted by Crippen LogP contribution is 2.27. The number of hydrogen-bond acceptors (Lipinski definition) is 2. The molecular formula is C10H10BrFN2O. The van der Waals surface area contributed by atoms with Gasteiger partial charge in [-0.3, -0.25) is 9.78 Å². The van der Waals surface area contributed by atoms with E-state index in [9.17, 15) is 9.18 Å². The van der Waals surface area contributed by atoms with E-state index in [0.29, 0.717) is 18.7 Å². The van der Waals surface area contributed by atoms with Crippen LogP contribution in [0.5, 0.6) is 0 Å². The Morgan fingerprint density at radius 2 is 2.47 bits per heavy atom. The number of carbonyl (C=O) groups excluding carboxylic acids is 1. The van der Waals surface area contributed by atoms with Gasteiger partial charge < -0.3 is 4.90 Å². The third kappa shape index (κ3) is 2.02. The molecule has 1 unspecified atom stereocenters. The highest BCUT2D eigenvalue weighted by molar-refractivity contribution is 9.09. The number of amides is 1. The first-order valence-corrected chi connectivity index (χ1v) is 5.80. The van der Waals surface area contributed by atoms with Gasteiger partial charge in [0.15, 0.2) is 5.82 Å². The van der Waals surface area contributed by atoms with Gasteiger partial charge in [0.05, 0.1) is 11.9 Å². The number of nitrogens with zero attached hydrogens (tertiary/aromatic N) is 2. The molecule has 2 rings (SSSR count). The summed E-state index contributed by atoms with van der Waals surface area (Å²) < 4.78 is 13.4. The summed E-state index contributed by atoms with van der Waals surface area (Å²) in [4.78, 5) is 16.8. The Balaban J connectivity index is 2.25. The lowest BCUT2D eigenvalue weighted by Crippen LogP contribution is -2.25. The van der Waals surface area contributed by atoms with Gasteiger partial charge in [0.2, 0.25) is 5.91 Å². The average molecular weight is 273 g/mol. The van der Waals surface area contributed by atoms with Crippen molar-refractivity contribution in [1.82, 2.24) is 4.98 Å². The van der Waals surface area contributed by atoms with Crippen LogP contribution in [0.25, 0.3) is 0 Å². The zero-order valence-corrected chi connectivity index (χ0v) is 9.58. The van der Waals surface area contributed by atoms with Crippen LogP contribution in [0.15, 0.2) is 18.5 Å². The Labute approximate surface area is 95.4 Å². The maximum Gasteiger partial charge on any atom is 0.227 e. The summed E-state index contributed by atoms with van der Waals surface area (Å²) in [6, 6.07) is 1.53. The summed E-state index contributed by atoms with van der Waals surface area (Å²) >= 11 is 3.34. The molecule has 80 valence electrons. The fraction of sp³-hybridized carbons (Fsp3) is 0.400. The van der Waals surface area contributed by atoms with Crippen molar-refractivity contribution in [2.45, 2.75) is 6.42 Å². The lowest BCUT2D eigenvalue weighted by Gasteiger charge is -2.16. The minimum atomic E-state index is -0.443. The van der Waals surface area contributed by atoms with Gasteiger partial charge in [-0.05, 0) is 12.0 Å². The van der Waals surface area contributed by atoms with E-state index in [1.54, 1.807) is 0 Å². The molecule has 1 saturated heterocycles. The Bertz CT molecular complexity index is 385. The predicted molar refractivity (Wildman–Crippen MR) is 58.4 cm³/mol. The maximum atomic E-state index is 13.4. The van der Waals surface area contributed by atoms with Crippen LogP contribution in [0, 0.1) is 11.7 Å². The number of hydrogen-bond donors (Lipinski definition) is 0. The van der Waals surface area contributed by atoms with Crippen LogP contribution in [0.1, 0.15) is 6.42 Å². The summed E-state index contributed by atoms with van der Waals surface area (Å²) in [6.07, 6.45) is 3.10. The Hall–Kier alpha value is -0.970.